The third-order valence-corrected chi connectivity index (χ3v) is 7.38. The molecule has 3 rings (SSSR count). The van der Waals surface area contributed by atoms with Crippen LogP contribution in [0, 0.1) is 23.7 Å². The zero-order valence-electron chi connectivity index (χ0n) is 11.3. The Kier molecular flexibility index (Phi) is 3.20. The zero-order valence-corrected chi connectivity index (χ0v) is 12.3. The van der Waals surface area contributed by atoms with Crippen LogP contribution in [0.25, 0.3) is 0 Å². The lowest BCUT2D eigenvalue weighted by Gasteiger charge is -2.26. The van der Waals surface area contributed by atoms with Crippen LogP contribution < -0.4 is 0 Å². The minimum atomic E-state index is -1.35. The molecular weight excluding hydrogens is 224 g/mol. The van der Waals surface area contributed by atoms with Gasteiger partial charge in [0, 0.05) is 6.61 Å². The molecule has 0 aliphatic heterocycles. The van der Waals surface area contributed by atoms with Gasteiger partial charge in [0.15, 0.2) is 8.32 Å². The van der Waals surface area contributed by atoms with Crippen molar-refractivity contribution >= 4 is 8.32 Å². The summed E-state index contributed by atoms with van der Waals surface area (Å²) in [7, 11) is -1.35. The van der Waals surface area contributed by atoms with Crippen LogP contribution in [0.2, 0.25) is 19.1 Å². The lowest BCUT2D eigenvalue weighted by molar-refractivity contribution is 0.284. The molecule has 0 radical (unpaired) electrons. The van der Waals surface area contributed by atoms with E-state index in [-0.39, 0.29) is 0 Å². The topological polar surface area (TPSA) is 9.23 Å². The van der Waals surface area contributed by atoms with Gasteiger partial charge in [0.1, 0.15) is 0 Å². The molecule has 0 spiro atoms. The van der Waals surface area contributed by atoms with Crippen molar-refractivity contribution in [1.29, 1.82) is 0 Å². The smallest absolute Gasteiger partial charge is 0.186 e. The van der Waals surface area contributed by atoms with Crippen molar-refractivity contribution in [2.24, 2.45) is 23.7 Å². The van der Waals surface area contributed by atoms with Crippen LogP contribution in [0.3, 0.4) is 0 Å². The van der Waals surface area contributed by atoms with E-state index in [1.807, 2.05) is 0 Å². The highest BCUT2D eigenvalue weighted by atomic mass is 28.4. The van der Waals surface area contributed by atoms with E-state index in [2.05, 4.69) is 25.2 Å². The largest absolute Gasteiger partial charge is 0.417 e. The molecule has 2 heteroatoms. The van der Waals surface area contributed by atoms with Crippen molar-refractivity contribution in [3.63, 3.8) is 0 Å². The second kappa shape index (κ2) is 4.54. The molecule has 2 saturated carbocycles. The van der Waals surface area contributed by atoms with Crippen molar-refractivity contribution < 1.29 is 4.43 Å². The first-order chi connectivity index (χ1) is 8.12. The van der Waals surface area contributed by atoms with E-state index in [4.69, 9.17) is 4.43 Å². The standard InChI is InChI=1S/C15H26OSi/c1-17(2,16-11-12-3-4-12)8-7-15-10-13-5-6-14(15)9-13/h5-6,12-15H,3-4,7-11H2,1-2H3. The Bertz CT molecular complexity index is 306. The average Bonchev–Trinajstić information content (AvgIpc) is 2.90. The Hall–Kier alpha value is -0.0831. The molecule has 17 heavy (non-hydrogen) atoms. The summed E-state index contributed by atoms with van der Waals surface area (Å²) in [6.07, 6.45) is 12.1. The number of rotatable bonds is 6. The van der Waals surface area contributed by atoms with Gasteiger partial charge >= 0.3 is 0 Å². The van der Waals surface area contributed by atoms with Crippen LogP contribution in [-0.4, -0.2) is 14.9 Å². The lowest BCUT2D eigenvalue weighted by Crippen LogP contribution is -2.32. The van der Waals surface area contributed by atoms with Crippen LogP contribution in [-0.2, 0) is 4.43 Å². The summed E-state index contributed by atoms with van der Waals surface area (Å²) in [4.78, 5) is 0. The van der Waals surface area contributed by atoms with Crippen molar-refractivity contribution in [1.82, 2.24) is 0 Å². The van der Waals surface area contributed by atoms with Gasteiger partial charge in [-0.3, -0.25) is 0 Å². The van der Waals surface area contributed by atoms with Crippen molar-refractivity contribution in [3.8, 4) is 0 Å². The Balaban J connectivity index is 1.41. The van der Waals surface area contributed by atoms with Gasteiger partial charge in [-0.2, -0.15) is 0 Å². The van der Waals surface area contributed by atoms with Gasteiger partial charge in [-0.15, -0.1) is 0 Å². The molecule has 0 heterocycles. The first-order valence-corrected chi connectivity index (χ1v) is 10.6. The van der Waals surface area contributed by atoms with Crippen LogP contribution in [0.5, 0.6) is 0 Å². The Morgan fingerprint density at radius 3 is 2.59 bits per heavy atom. The van der Waals surface area contributed by atoms with E-state index in [0.717, 1.165) is 30.3 Å². The molecule has 0 N–H and O–H groups in total. The highest BCUT2D eigenvalue weighted by molar-refractivity contribution is 6.71. The zero-order chi connectivity index (χ0) is 11.9. The lowest BCUT2D eigenvalue weighted by atomic mass is 9.91. The van der Waals surface area contributed by atoms with Gasteiger partial charge in [0.05, 0.1) is 0 Å². The monoisotopic (exact) mass is 250 g/mol. The predicted octanol–water partition coefficient (Wildman–Crippen LogP) is 4.22. The molecule has 96 valence electrons. The van der Waals surface area contributed by atoms with Crippen molar-refractivity contribution in [3.05, 3.63) is 12.2 Å². The normalized spacial score (nSPS) is 35.8. The van der Waals surface area contributed by atoms with Crippen LogP contribution in [0.1, 0.15) is 32.1 Å². The van der Waals surface area contributed by atoms with Gasteiger partial charge in [0.25, 0.3) is 0 Å². The quantitative estimate of drug-likeness (QED) is 0.506. The van der Waals surface area contributed by atoms with Gasteiger partial charge in [-0.05, 0) is 68.5 Å². The van der Waals surface area contributed by atoms with E-state index in [0.29, 0.717) is 0 Å². The molecule has 3 aliphatic carbocycles. The number of hydrogen-bond donors (Lipinski definition) is 0. The molecule has 1 nitrogen and oxygen atoms in total. The maximum absolute atomic E-state index is 6.21. The molecule has 0 saturated heterocycles. The Morgan fingerprint density at radius 1 is 1.18 bits per heavy atom. The first kappa shape index (κ1) is 12.0. The summed E-state index contributed by atoms with van der Waals surface area (Å²) in [5.41, 5.74) is 0. The molecule has 3 unspecified atom stereocenters. The van der Waals surface area contributed by atoms with Gasteiger partial charge in [0.2, 0.25) is 0 Å². The maximum atomic E-state index is 6.21. The molecule has 0 aromatic rings. The first-order valence-electron chi connectivity index (χ1n) is 7.45. The minimum absolute atomic E-state index is 0.923. The summed E-state index contributed by atoms with van der Waals surface area (Å²) in [5, 5.41) is 0. The fourth-order valence-electron chi connectivity index (χ4n) is 3.46. The van der Waals surface area contributed by atoms with Gasteiger partial charge in [-0.1, -0.05) is 18.6 Å². The van der Waals surface area contributed by atoms with E-state index >= 15 is 0 Å². The maximum Gasteiger partial charge on any atom is 0.186 e. The van der Waals surface area contributed by atoms with Gasteiger partial charge in [-0.25, -0.2) is 0 Å². The molecule has 3 atom stereocenters. The van der Waals surface area contributed by atoms with Crippen LogP contribution in [0.15, 0.2) is 12.2 Å². The Morgan fingerprint density at radius 2 is 2.00 bits per heavy atom. The molecule has 2 bridgehead atoms. The molecular formula is C15H26OSi. The van der Waals surface area contributed by atoms with Gasteiger partial charge < -0.3 is 4.43 Å². The molecule has 0 amide bonds. The molecule has 3 aliphatic rings. The van der Waals surface area contributed by atoms with E-state index in [1.165, 1.54) is 38.1 Å². The van der Waals surface area contributed by atoms with Crippen molar-refractivity contribution in [2.75, 3.05) is 6.61 Å². The summed E-state index contributed by atoms with van der Waals surface area (Å²) < 4.78 is 6.21. The summed E-state index contributed by atoms with van der Waals surface area (Å²) >= 11 is 0. The summed E-state index contributed by atoms with van der Waals surface area (Å²) in [6, 6.07) is 1.38. The fraction of sp³-hybridized carbons (Fsp3) is 0.867. The van der Waals surface area contributed by atoms with E-state index in [9.17, 15) is 0 Å². The number of allylic oxidation sites excluding steroid dienone is 2. The second-order valence-corrected chi connectivity index (χ2v) is 11.4. The van der Waals surface area contributed by atoms with E-state index in [1.54, 1.807) is 0 Å². The fourth-order valence-corrected chi connectivity index (χ4v) is 5.36. The third-order valence-electron chi connectivity index (χ3n) is 4.94. The SMILES string of the molecule is C[Si](C)(CCC1CC2C=CC1C2)OCC1CC1. The average molecular weight is 250 g/mol. The highest BCUT2D eigenvalue weighted by Crippen LogP contribution is 2.46. The molecule has 0 aromatic carbocycles. The van der Waals surface area contributed by atoms with E-state index < -0.39 is 8.32 Å². The molecule has 2 fully saturated rings. The second-order valence-electron chi connectivity index (χ2n) is 7.09. The van der Waals surface area contributed by atoms with Crippen LogP contribution in [0.4, 0.5) is 0 Å². The van der Waals surface area contributed by atoms with Crippen molar-refractivity contribution in [2.45, 2.75) is 51.2 Å². The number of fused-ring (bicyclic) bond motifs is 2. The molecule has 0 aromatic heterocycles. The Labute approximate surface area is 107 Å². The number of hydrogen-bond acceptors (Lipinski definition) is 1. The highest BCUT2D eigenvalue weighted by Gasteiger charge is 2.37. The third kappa shape index (κ3) is 3.03. The summed E-state index contributed by atoms with van der Waals surface area (Å²) in [5.74, 6) is 3.77. The minimum Gasteiger partial charge on any atom is -0.417 e. The predicted molar refractivity (Wildman–Crippen MR) is 74.4 cm³/mol. The summed E-state index contributed by atoms with van der Waals surface area (Å²) in [6.45, 7) is 5.90. The van der Waals surface area contributed by atoms with Crippen LogP contribution >= 0.6 is 0 Å².